The lowest BCUT2D eigenvalue weighted by Gasteiger charge is -2.07. The molecule has 0 N–H and O–H groups in total. The van der Waals surface area contributed by atoms with Crippen LogP contribution in [0.1, 0.15) is 11.1 Å². The van der Waals surface area contributed by atoms with Crippen LogP contribution < -0.4 is 0 Å². The first kappa shape index (κ1) is 14.0. The molecule has 17 heavy (non-hydrogen) atoms. The van der Waals surface area contributed by atoms with Crippen molar-refractivity contribution in [3.05, 3.63) is 39.5 Å². The fraction of sp³-hybridized carbons (Fsp3) is 0. The van der Waals surface area contributed by atoms with Crippen molar-refractivity contribution in [3.63, 3.8) is 0 Å². The first-order chi connectivity index (χ1) is 8.15. The van der Waals surface area contributed by atoms with Gasteiger partial charge in [-0.3, -0.25) is 9.98 Å². The Labute approximate surface area is 115 Å². The summed E-state index contributed by atoms with van der Waals surface area (Å²) in [5, 5.41) is 0.736. The maximum atomic E-state index is 6.13. The number of benzene rings is 1. The van der Waals surface area contributed by atoms with E-state index in [0.717, 1.165) is 0 Å². The molecule has 1 aromatic carbocycles. The Morgan fingerprint density at radius 1 is 1.24 bits per heavy atom. The standard InChI is InChI=1S/C11H9Cl2N3S/c1-14-6-9(15-2)8-4-3-7(5-16-17)10(12)11(8)13/h3-6,17H,1-2H2/b9-6-,16-5+. The van der Waals surface area contributed by atoms with E-state index >= 15 is 0 Å². The van der Waals surface area contributed by atoms with Crippen LogP contribution in [0.5, 0.6) is 0 Å². The molecule has 3 nitrogen and oxygen atoms in total. The summed E-state index contributed by atoms with van der Waals surface area (Å²) in [7, 11) is 0. The molecule has 0 heterocycles. The minimum Gasteiger partial charge on any atom is -0.270 e. The fourth-order valence-electron chi connectivity index (χ4n) is 1.21. The zero-order valence-corrected chi connectivity index (χ0v) is 11.2. The van der Waals surface area contributed by atoms with E-state index < -0.39 is 0 Å². The number of hydrogen-bond donors (Lipinski definition) is 1. The Morgan fingerprint density at radius 3 is 2.47 bits per heavy atom. The van der Waals surface area contributed by atoms with Crippen molar-refractivity contribution >= 4 is 61.4 Å². The minimum atomic E-state index is 0.361. The van der Waals surface area contributed by atoms with Crippen molar-refractivity contribution in [3.8, 4) is 0 Å². The highest BCUT2D eigenvalue weighted by atomic mass is 35.5. The summed E-state index contributed by atoms with van der Waals surface area (Å²) in [5.74, 6) is 0. The third-order valence-electron chi connectivity index (χ3n) is 1.97. The predicted molar refractivity (Wildman–Crippen MR) is 80.1 cm³/mol. The SMILES string of the molecule is C=N/C=C(\N=C)c1ccc(/C=N/S)c(Cl)c1Cl. The highest BCUT2D eigenvalue weighted by Crippen LogP contribution is 2.33. The van der Waals surface area contributed by atoms with Gasteiger partial charge in [-0.1, -0.05) is 35.3 Å². The molecule has 0 saturated carbocycles. The number of thiol groups is 1. The van der Waals surface area contributed by atoms with Gasteiger partial charge in [-0.05, 0) is 26.2 Å². The third kappa shape index (κ3) is 3.19. The van der Waals surface area contributed by atoms with E-state index in [2.05, 4.69) is 40.6 Å². The third-order valence-corrected chi connectivity index (χ3v) is 2.98. The molecule has 0 fully saturated rings. The van der Waals surface area contributed by atoms with Crippen LogP contribution in [0.15, 0.2) is 32.7 Å². The Morgan fingerprint density at radius 2 is 1.94 bits per heavy atom. The van der Waals surface area contributed by atoms with Crippen molar-refractivity contribution in [1.82, 2.24) is 0 Å². The average Bonchev–Trinajstić information content (AvgIpc) is 2.33. The maximum absolute atomic E-state index is 6.13. The lowest BCUT2D eigenvalue weighted by atomic mass is 10.1. The molecule has 0 aliphatic rings. The van der Waals surface area contributed by atoms with E-state index in [1.807, 2.05) is 0 Å². The number of nitrogens with zero attached hydrogens (tertiary/aromatic N) is 3. The molecule has 0 amide bonds. The van der Waals surface area contributed by atoms with Gasteiger partial charge in [0.15, 0.2) is 0 Å². The second kappa shape index (κ2) is 6.59. The summed E-state index contributed by atoms with van der Waals surface area (Å²) >= 11 is 16.0. The fourth-order valence-corrected chi connectivity index (χ4v) is 1.81. The van der Waals surface area contributed by atoms with E-state index in [1.54, 1.807) is 12.1 Å². The molecule has 88 valence electrons. The topological polar surface area (TPSA) is 37.1 Å². The second-order valence-corrected chi connectivity index (χ2v) is 3.92. The van der Waals surface area contributed by atoms with Crippen LogP contribution >= 0.6 is 36.0 Å². The van der Waals surface area contributed by atoms with Gasteiger partial charge < -0.3 is 0 Å². The molecule has 0 radical (unpaired) electrons. The number of aliphatic imine (C=N–C) groups is 2. The molecule has 0 aliphatic carbocycles. The van der Waals surface area contributed by atoms with Crippen molar-refractivity contribution in [2.75, 3.05) is 0 Å². The molecule has 1 rings (SSSR count). The van der Waals surface area contributed by atoms with Gasteiger partial charge >= 0.3 is 0 Å². The van der Waals surface area contributed by atoms with Crippen molar-refractivity contribution in [2.24, 2.45) is 14.4 Å². The maximum Gasteiger partial charge on any atom is 0.0892 e. The lowest BCUT2D eigenvalue weighted by molar-refractivity contribution is 1.47. The van der Waals surface area contributed by atoms with Crippen LogP contribution in [0, 0.1) is 0 Å². The van der Waals surface area contributed by atoms with Gasteiger partial charge in [0.05, 0.1) is 21.9 Å². The largest absolute Gasteiger partial charge is 0.270 e. The molecule has 0 aromatic heterocycles. The highest BCUT2D eigenvalue weighted by molar-refractivity contribution is 7.79. The van der Waals surface area contributed by atoms with Crippen molar-refractivity contribution in [2.45, 2.75) is 0 Å². The van der Waals surface area contributed by atoms with Gasteiger partial charge in [-0.25, -0.2) is 4.40 Å². The summed E-state index contributed by atoms with van der Waals surface area (Å²) in [5.41, 5.74) is 1.81. The lowest BCUT2D eigenvalue weighted by Crippen LogP contribution is -1.89. The summed E-state index contributed by atoms with van der Waals surface area (Å²) in [6, 6.07) is 3.51. The number of hydrogen-bond acceptors (Lipinski definition) is 4. The molecule has 0 atom stereocenters. The van der Waals surface area contributed by atoms with E-state index in [-0.39, 0.29) is 0 Å². The van der Waals surface area contributed by atoms with Crippen molar-refractivity contribution < 1.29 is 0 Å². The van der Waals surface area contributed by atoms with E-state index in [9.17, 15) is 0 Å². The van der Waals surface area contributed by atoms with Gasteiger partial charge in [-0.15, -0.1) is 0 Å². The van der Waals surface area contributed by atoms with Gasteiger partial charge in [0, 0.05) is 17.3 Å². The molecule has 6 heteroatoms. The molecular formula is C11H9Cl2N3S. The monoisotopic (exact) mass is 285 g/mol. The summed E-state index contributed by atoms with van der Waals surface area (Å²) in [6.45, 7) is 6.79. The summed E-state index contributed by atoms with van der Waals surface area (Å²) in [4.78, 5) is 7.44. The first-order valence-electron chi connectivity index (χ1n) is 4.44. The minimum absolute atomic E-state index is 0.361. The van der Waals surface area contributed by atoms with E-state index in [4.69, 9.17) is 23.2 Å². The Hall–Kier alpha value is -1.10. The Bertz CT molecular complexity index is 510. The van der Waals surface area contributed by atoms with Gasteiger partial charge in [0.2, 0.25) is 0 Å². The highest BCUT2D eigenvalue weighted by Gasteiger charge is 2.11. The van der Waals surface area contributed by atoms with Crippen LogP contribution in [0.2, 0.25) is 10.0 Å². The smallest absolute Gasteiger partial charge is 0.0892 e. The molecule has 0 unspecified atom stereocenters. The van der Waals surface area contributed by atoms with Crippen molar-refractivity contribution in [1.29, 1.82) is 0 Å². The Kier molecular flexibility index (Phi) is 5.41. The zero-order chi connectivity index (χ0) is 12.8. The van der Waals surface area contributed by atoms with Gasteiger partial charge in [-0.2, -0.15) is 0 Å². The molecule has 0 saturated heterocycles. The molecule has 1 aromatic rings. The van der Waals surface area contributed by atoms with Crippen LogP contribution in [0.25, 0.3) is 5.70 Å². The van der Waals surface area contributed by atoms with Crippen LogP contribution in [0.4, 0.5) is 0 Å². The number of rotatable bonds is 4. The van der Waals surface area contributed by atoms with Crippen LogP contribution in [-0.4, -0.2) is 19.6 Å². The molecule has 0 spiro atoms. The second-order valence-electron chi connectivity index (χ2n) is 2.93. The number of halogens is 2. The van der Waals surface area contributed by atoms with Gasteiger partial charge in [0.25, 0.3) is 0 Å². The molecule has 0 aliphatic heterocycles. The predicted octanol–water partition coefficient (Wildman–Crippen LogP) is 3.96. The van der Waals surface area contributed by atoms with E-state index in [1.165, 1.54) is 12.4 Å². The quantitative estimate of drug-likeness (QED) is 0.642. The van der Waals surface area contributed by atoms with E-state index in [0.29, 0.717) is 26.9 Å². The zero-order valence-electron chi connectivity index (χ0n) is 8.77. The van der Waals surface area contributed by atoms with Gasteiger partial charge in [0.1, 0.15) is 0 Å². The van der Waals surface area contributed by atoms with Crippen LogP contribution in [0.3, 0.4) is 0 Å². The molecular weight excluding hydrogens is 277 g/mol. The normalized spacial score (nSPS) is 11.8. The summed E-state index contributed by atoms with van der Waals surface area (Å²) in [6.07, 6.45) is 2.95. The molecule has 0 bridgehead atoms. The van der Waals surface area contributed by atoms with Crippen LogP contribution in [-0.2, 0) is 0 Å². The summed E-state index contributed by atoms with van der Waals surface area (Å²) < 4.78 is 3.59. The average molecular weight is 286 g/mol. The first-order valence-corrected chi connectivity index (χ1v) is 5.59. The Balaban J connectivity index is 3.39.